The van der Waals surface area contributed by atoms with Crippen LogP contribution < -0.4 is 4.74 Å². The van der Waals surface area contributed by atoms with Gasteiger partial charge in [-0.2, -0.15) is 0 Å². The van der Waals surface area contributed by atoms with Crippen LogP contribution in [0.4, 0.5) is 4.39 Å². The van der Waals surface area contributed by atoms with Crippen LogP contribution in [0.5, 0.6) is 5.75 Å². The molecule has 0 amide bonds. The van der Waals surface area contributed by atoms with Gasteiger partial charge < -0.3 is 4.74 Å². The SMILES string of the molecule is COc1ccc(C(Br)C2(C)CCCCC2)c(F)c1. The molecular formula is C15H20BrFO. The molecule has 1 aliphatic rings. The van der Waals surface area contributed by atoms with Crippen LogP contribution in [0.25, 0.3) is 0 Å². The van der Waals surface area contributed by atoms with Gasteiger partial charge >= 0.3 is 0 Å². The monoisotopic (exact) mass is 314 g/mol. The first-order valence-corrected chi connectivity index (χ1v) is 7.46. The van der Waals surface area contributed by atoms with Crippen LogP contribution in [0.1, 0.15) is 49.4 Å². The fraction of sp³-hybridized carbons (Fsp3) is 0.600. The topological polar surface area (TPSA) is 9.23 Å². The molecule has 0 bridgehead atoms. The minimum atomic E-state index is -0.178. The smallest absolute Gasteiger partial charge is 0.131 e. The molecule has 0 radical (unpaired) electrons. The van der Waals surface area contributed by atoms with E-state index in [1.54, 1.807) is 7.11 Å². The Hall–Kier alpha value is -0.570. The lowest BCUT2D eigenvalue weighted by atomic mass is 9.72. The van der Waals surface area contributed by atoms with Crippen molar-refractivity contribution in [1.82, 2.24) is 0 Å². The van der Waals surface area contributed by atoms with Gasteiger partial charge in [0.15, 0.2) is 0 Å². The van der Waals surface area contributed by atoms with Gasteiger partial charge in [0.05, 0.1) is 7.11 Å². The maximum atomic E-state index is 14.1. The van der Waals surface area contributed by atoms with Gasteiger partial charge in [-0.15, -0.1) is 0 Å². The Bertz CT molecular complexity index is 413. The quantitative estimate of drug-likeness (QED) is 0.693. The van der Waals surface area contributed by atoms with Crippen LogP contribution in [0.3, 0.4) is 0 Å². The number of hydrogen-bond acceptors (Lipinski definition) is 1. The largest absolute Gasteiger partial charge is 0.497 e. The summed E-state index contributed by atoms with van der Waals surface area (Å²) in [5, 5.41) is 0. The maximum absolute atomic E-state index is 14.1. The molecule has 0 aliphatic heterocycles. The Balaban J connectivity index is 2.24. The molecule has 1 fully saturated rings. The Morgan fingerprint density at radius 2 is 1.94 bits per heavy atom. The van der Waals surface area contributed by atoms with Gasteiger partial charge in [0.2, 0.25) is 0 Å². The van der Waals surface area contributed by atoms with Crippen molar-refractivity contribution in [3.63, 3.8) is 0 Å². The van der Waals surface area contributed by atoms with Crippen LogP contribution in [0.2, 0.25) is 0 Å². The van der Waals surface area contributed by atoms with E-state index in [0.29, 0.717) is 5.75 Å². The summed E-state index contributed by atoms with van der Waals surface area (Å²) in [6, 6.07) is 5.14. The average Bonchev–Trinajstić information content (AvgIpc) is 2.38. The van der Waals surface area contributed by atoms with Gasteiger partial charge in [-0.25, -0.2) is 4.39 Å². The van der Waals surface area contributed by atoms with E-state index >= 15 is 0 Å². The summed E-state index contributed by atoms with van der Waals surface area (Å²) >= 11 is 3.72. The Morgan fingerprint density at radius 3 is 2.50 bits per heavy atom. The Morgan fingerprint density at radius 1 is 1.28 bits per heavy atom. The lowest BCUT2D eigenvalue weighted by Crippen LogP contribution is -2.25. The van der Waals surface area contributed by atoms with Crippen LogP contribution in [0, 0.1) is 11.2 Å². The summed E-state index contributed by atoms with van der Waals surface area (Å²) in [7, 11) is 1.56. The summed E-state index contributed by atoms with van der Waals surface area (Å²) in [4.78, 5) is 0.0798. The van der Waals surface area contributed by atoms with Gasteiger partial charge in [-0.05, 0) is 24.3 Å². The van der Waals surface area contributed by atoms with Gasteiger partial charge in [0.1, 0.15) is 11.6 Å². The molecule has 1 saturated carbocycles. The predicted molar refractivity (Wildman–Crippen MR) is 75.8 cm³/mol. The molecule has 0 heterocycles. The number of ether oxygens (including phenoxy) is 1. The third-order valence-corrected chi connectivity index (χ3v) is 5.69. The number of rotatable bonds is 3. The molecule has 0 N–H and O–H groups in total. The molecule has 1 unspecified atom stereocenters. The van der Waals surface area contributed by atoms with Gasteiger partial charge in [0, 0.05) is 16.5 Å². The summed E-state index contributed by atoms with van der Waals surface area (Å²) < 4.78 is 19.1. The second-order valence-corrected chi connectivity index (χ2v) is 6.38. The van der Waals surface area contributed by atoms with E-state index in [-0.39, 0.29) is 16.1 Å². The zero-order valence-electron chi connectivity index (χ0n) is 11.0. The van der Waals surface area contributed by atoms with E-state index in [1.807, 2.05) is 12.1 Å². The lowest BCUT2D eigenvalue weighted by molar-refractivity contribution is 0.210. The standard InChI is InChI=1S/C15H20BrFO/c1-15(8-4-3-5-9-15)14(16)12-7-6-11(18-2)10-13(12)17/h6-7,10,14H,3-5,8-9H2,1-2H3. The summed E-state index contributed by atoms with van der Waals surface area (Å²) in [5.74, 6) is 0.396. The summed E-state index contributed by atoms with van der Waals surface area (Å²) in [5.41, 5.74) is 0.911. The minimum absolute atomic E-state index is 0.0798. The maximum Gasteiger partial charge on any atom is 0.131 e. The average molecular weight is 315 g/mol. The molecule has 1 atom stereocenters. The minimum Gasteiger partial charge on any atom is -0.497 e. The van der Waals surface area contributed by atoms with Crippen molar-refractivity contribution < 1.29 is 9.13 Å². The van der Waals surface area contributed by atoms with Crippen LogP contribution in [-0.2, 0) is 0 Å². The molecule has 100 valence electrons. The first-order chi connectivity index (χ1) is 8.57. The van der Waals surface area contributed by atoms with E-state index in [4.69, 9.17) is 4.74 Å². The van der Waals surface area contributed by atoms with Gasteiger partial charge in [0.25, 0.3) is 0 Å². The molecular weight excluding hydrogens is 295 g/mol. The molecule has 1 aliphatic carbocycles. The van der Waals surface area contributed by atoms with Crippen molar-refractivity contribution in [3.8, 4) is 5.75 Å². The van der Waals surface area contributed by atoms with Crippen molar-refractivity contribution in [3.05, 3.63) is 29.6 Å². The van der Waals surface area contributed by atoms with E-state index in [1.165, 1.54) is 25.3 Å². The molecule has 1 nitrogen and oxygen atoms in total. The second-order valence-electron chi connectivity index (χ2n) is 5.46. The molecule has 0 spiro atoms. The van der Waals surface area contributed by atoms with Crippen molar-refractivity contribution in [1.29, 1.82) is 0 Å². The number of halogens is 2. The summed E-state index contributed by atoms with van der Waals surface area (Å²) in [6.45, 7) is 2.26. The van der Waals surface area contributed by atoms with E-state index in [2.05, 4.69) is 22.9 Å². The highest BCUT2D eigenvalue weighted by atomic mass is 79.9. The highest BCUT2D eigenvalue weighted by molar-refractivity contribution is 9.09. The molecule has 2 rings (SSSR count). The fourth-order valence-electron chi connectivity index (χ4n) is 2.83. The molecule has 0 saturated heterocycles. The second kappa shape index (κ2) is 5.60. The van der Waals surface area contributed by atoms with Gasteiger partial charge in [-0.3, -0.25) is 0 Å². The highest BCUT2D eigenvalue weighted by Crippen LogP contribution is 2.50. The van der Waals surface area contributed by atoms with Crippen molar-refractivity contribution >= 4 is 15.9 Å². The predicted octanol–water partition coefficient (Wildman–Crippen LogP) is 5.24. The molecule has 0 aromatic heterocycles. The zero-order valence-corrected chi connectivity index (χ0v) is 12.6. The lowest BCUT2D eigenvalue weighted by Gasteiger charge is -2.38. The molecule has 1 aromatic carbocycles. The van der Waals surface area contributed by atoms with Crippen LogP contribution in [-0.4, -0.2) is 7.11 Å². The third kappa shape index (κ3) is 2.71. The Kier molecular flexibility index (Phi) is 4.31. The first-order valence-electron chi connectivity index (χ1n) is 6.54. The van der Waals surface area contributed by atoms with Crippen molar-refractivity contribution in [2.75, 3.05) is 7.11 Å². The van der Waals surface area contributed by atoms with Crippen LogP contribution in [0.15, 0.2) is 18.2 Å². The molecule has 1 aromatic rings. The number of benzene rings is 1. The number of alkyl halides is 1. The first kappa shape index (κ1) is 13.9. The normalized spacial score (nSPS) is 20.4. The number of methoxy groups -OCH3 is 1. The summed E-state index contributed by atoms with van der Waals surface area (Å²) in [6.07, 6.45) is 6.12. The van der Waals surface area contributed by atoms with Crippen molar-refractivity contribution in [2.45, 2.75) is 43.9 Å². The van der Waals surface area contributed by atoms with E-state index < -0.39 is 0 Å². The van der Waals surface area contributed by atoms with E-state index in [0.717, 1.165) is 18.4 Å². The Labute approximate surface area is 117 Å². The zero-order chi connectivity index (χ0) is 13.2. The van der Waals surface area contributed by atoms with Gasteiger partial charge in [-0.1, -0.05) is 48.2 Å². The van der Waals surface area contributed by atoms with E-state index in [9.17, 15) is 4.39 Å². The van der Waals surface area contributed by atoms with Crippen molar-refractivity contribution in [2.24, 2.45) is 5.41 Å². The molecule has 3 heteroatoms. The fourth-order valence-corrected chi connectivity index (χ4v) is 3.66. The number of hydrogen-bond donors (Lipinski definition) is 0. The molecule has 18 heavy (non-hydrogen) atoms. The van der Waals surface area contributed by atoms with Crippen LogP contribution >= 0.6 is 15.9 Å². The third-order valence-electron chi connectivity index (χ3n) is 4.09. The highest BCUT2D eigenvalue weighted by Gasteiger charge is 2.36.